The van der Waals surface area contributed by atoms with Gasteiger partial charge in [0.15, 0.2) is 5.17 Å². The van der Waals surface area contributed by atoms with E-state index in [0.29, 0.717) is 24.1 Å². The molecule has 0 atom stereocenters. The molecule has 0 aliphatic heterocycles. The first-order chi connectivity index (χ1) is 9.68. The van der Waals surface area contributed by atoms with Gasteiger partial charge in [-0.2, -0.15) is 0 Å². The Bertz CT molecular complexity index is 321. The van der Waals surface area contributed by atoms with Gasteiger partial charge in [-0.1, -0.05) is 38.5 Å². The van der Waals surface area contributed by atoms with E-state index in [4.69, 9.17) is 15.3 Å². The summed E-state index contributed by atoms with van der Waals surface area (Å²) in [5.74, 6) is 0. The van der Waals surface area contributed by atoms with Gasteiger partial charge in [-0.15, -0.1) is 0 Å². The lowest BCUT2D eigenvalue weighted by molar-refractivity contribution is 0.0803. The summed E-state index contributed by atoms with van der Waals surface area (Å²) in [4.78, 5) is 14.3. The van der Waals surface area contributed by atoms with E-state index < -0.39 is 0 Å². The van der Waals surface area contributed by atoms with Crippen LogP contribution in [0.2, 0.25) is 0 Å². The Morgan fingerprint density at radius 3 is 1.85 bits per heavy atom. The summed E-state index contributed by atoms with van der Waals surface area (Å²) in [5, 5.41) is 6.99. The minimum atomic E-state index is -0.302. The van der Waals surface area contributed by atoms with E-state index in [1.54, 1.807) is 0 Å². The van der Waals surface area contributed by atoms with Crippen LogP contribution in [0, 0.1) is 5.41 Å². The second kappa shape index (κ2) is 7.76. The number of rotatable bonds is 2. The summed E-state index contributed by atoms with van der Waals surface area (Å²) in [5.41, 5.74) is 5.25. The van der Waals surface area contributed by atoms with Gasteiger partial charge in [0.2, 0.25) is 0 Å². The number of carbonyl (C=O) groups excluding carboxylic acids is 1. The van der Waals surface area contributed by atoms with Gasteiger partial charge in [0, 0.05) is 12.1 Å². The fourth-order valence-corrected chi connectivity index (χ4v) is 3.69. The highest BCUT2D eigenvalue weighted by Crippen LogP contribution is 2.31. The van der Waals surface area contributed by atoms with Crippen molar-refractivity contribution in [3.63, 3.8) is 0 Å². The quantitative estimate of drug-likeness (QED) is 0.463. The first kappa shape index (κ1) is 15.5. The Kier molecular flexibility index (Phi) is 6.01. The Morgan fingerprint density at radius 2 is 1.45 bits per heavy atom. The molecule has 0 unspecified atom stereocenters. The zero-order valence-electron chi connectivity index (χ0n) is 12.0. The lowest BCUT2D eigenvalue weighted by Crippen LogP contribution is -2.48. The standard InChI is InChI=1S/C14H25N3O2S/c15-13(16)20-19-14(18)17(11-7-3-1-4-8-11)12-9-5-2-6-10-12/h11-12H,1-10H2,(H3,15,16). The van der Waals surface area contributed by atoms with Crippen molar-refractivity contribution in [1.82, 2.24) is 4.90 Å². The fourth-order valence-electron chi connectivity index (χ4n) is 3.44. The molecule has 0 spiro atoms. The van der Waals surface area contributed by atoms with E-state index in [2.05, 4.69) is 0 Å². The van der Waals surface area contributed by atoms with Crippen molar-refractivity contribution in [3.05, 3.63) is 0 Å². The maximum absolute atomic E-state index is 12.4. The highest BCUT2D eigenvalue weighted by atomic mass is 32.2. The number of amides is 1. The van der Waals surface area contributed by atoms with Gasteiger partial charge in [-0.05, 0) is 25.7 Å². The second-order valence-corrected chi connectivity index (χ2v) is 6.56. The van der Waals surface area contributed by atoms with Crippen molar-refractivity contribution >= 4 is 23.3 Å². The van der Waals surface area contributed by atoms with Crippen LogP contribution in [0.25, 0.3) is 0 Å². The van der Waals surface area contributed by atoms with Gasteiger partial charge < -0.3 is 14.8 Å². The fraction of sp³-hybridized carbons (Fsp3) is 0.857. The van der Waals surface area contributed by atoms with Crippen LogP contribution in [0.3, 0.4) is 0 Å². The third-order valence-electron chi connectivity index (χ3n) is 4.35. The molecule has 2 fully saturated rings. The first-order valence-electron chi connectivity index (χ1n) is 7.69. The maximum atomic E-state index is 12.4. The molecule has 0 aromatic carbocycles. The van der Waals surface area contributed by atoms with Crippen LogP contribution in [-0.4, -0.2) is 28.2 Å². The molecule has 114 valence electrons. The van der Waals surface area contributed by atoms with Crippen molar-refractivity contribution in [2.24, 2.45) is 5.73 Å². The van der Waals surface area contributed by atoms with Gasteiger partial charge >= 0.3 is 6.09 Å². The SMILES string of the molecule is N=C(N)SOC(=O)N(C1CCCCC1)C1CCCCC1. The molecule has 20 heavy (non-hydrogen) atoms. The first-order valence-corrected chi connectivity index (χ1v) is 8.43. The van der Waals surface area contributed by atoms with Crippen LogP contribution >= 0.6 is 12.0 Å². The number of nitrogens with one attached hydrogen (secondary N) is 1. The molecule has 2 aliphatic rings. The molecule has 3 N–H and O–H groups in total. The average Bonchev–Trinajstić information content (AvgIpc) is 2.48. The largest absolute Gasteiger partial charge is 0.422 e. The van der Waals surface area contributed by atoms with E-state index in [1.165, 1.54) is 38.5 Å². The molecule has 0 aromatic rings. The predicted molar refractivity (Wildman–Crippen MR) is 81.6 cm³/mol. The normalized spacial score (nSPS) is 21.4. The van der Waals surface area contributed by atoms with Gasteiger partial charge in [0.05, 0.1) is 0 Å². The Morgan fingerprint density at radius 1 is 1.00 bits per heavy atom. The number of hydrogen-bond acceptors (Lipinski definition) is 4. The van der Waals surface area contributed by atoms with Crippen LogP contribution < -0.4 is 5.73 Å². The van der Waals surface area contributed by atoms with Gasteiger partial charge in [-0.3, -0.25) is 5.41 Å². The molecular formula is C14H25N3O2S. The van der Waals surface area contributed by atoms with Crippen LogP contribution in [0.15, 0.2) is 0 Å². The van der Waals surface area contributed by atoms with Crippen molar-refractivity contribution in [2.45, 2.75) is 76.3 Å². The highest BCUT2D eigenvalue weighted by Gasteiger charge is 2.33. The van der Waals surface area contributed by atoms with Crippen molar-refractivity contribution < 1.29 is 8.98 Å². The number of amidine groups is 1. The summed E-state index contributed by atoms with van der Waals surface area (Å²) < 4.78 is 5.13. The lowest BCUT2D eigenvalue weighted by Gasteiger charge is -2.40. The van der Waals surface area contributed by atoms with Crippen LogP contribution in [0.1, 0.15) is 64.2 Å². The molecule has 5 nitrogen and oxygen atoms in total. The maximum Gasteiger partial charge on any atom is 0.422 e. The van der Waals surface area contributed by atoms with E-state index in [1.807, 2.05) is 4.90 Å². The summed E-state index contributed by atoms with van der Waals surface area (Å²) >= 11 is 0.666. The zero-order valence-corrected chi connectivity index (χ0v) is 12.8. The summed E-state index contributed by atoms with van der Waals surface area (Å²) in [6.45, 7) is 0. The molecule has 2 aliphatic carbocycles. The van der Waals surface area contributed by atoms with Crippen LogP contribution in [0.5, 0.6) is 0 Å². The highest BCUT2D eigenvalue weighted by molar-refractivity contribution is 8.09. The molecule has 0 aromatic heterocycles. The average molecular weight is 299 g/mol. The minimum Gasteiger partial charge on any atom is -0.376 e. The van der Waals surface area contributed by atoms with Crippen LogP contribution in [-0.2, 0) is 4.18 Å². The topological polar surface area (TPSA) is 79.4 Å². The number of hydrogen-bond donors (Lipinski definition) is 2. The van der Waals surface area contributed by atoms with E-state index in [-0.39, 0.29) is 11.3 Å². The number of carbonyl (C=O) groups is 1. The van der Waals surface area contributed by atoms with Gasteiger partial charge in [-0.25, -0.2) is 4.79 Å². The lowest BCUT2D eigenvalue weighted by atomic mass is 9.89. The summed E-state index contributed by atoms with van der Waals surface area (Å²) in [6, 6.07) is 0.624. The van der Waals surface area contributed by atoms with E-state index in [9.17, 15) is 4.79 Å². The third-order valence-corrected chi connectivity index (χ3v) is 4.76. The van der Waals surface area contributed by atoms with Crippen molar-refractivity contribution in [2.75, 3.05) is 0 Å². The van der Waals surface area contributed by atoms with Crippen LogP contribution in [0.4, 0.5) is 4.79 Å². The summed E-state index contributed by atoms with van der Waals surface area (Å²) in [6.07, 6.45) is 11.3. The van der Waals surface area contributed by atoms with Crippen molar-refractivity contribution in [3.8, 4) is 0 Å². The Labute approximate surface area is 125 Å². The molecule has 6 heteroatoms. The second-order valence-electron chi connectivity index (χ2n) is 5.79. The molecular weight excluding hydrogens is 274 g/mol. The van der Waals surface area contributed by atoms with E-state index in [0.717, 1.165) is 25.7 Å². The number of nitrogens with two attached hydrogens (primary N) is 1. The Balaban J connectivity index is 2.01. The molecule has 0 heterocycles. The minimum absolute atomic E-state index is 0.175. The molecule has 0 radical (unpaired) electrons. The van der Waals surface area contributed by atoms with Gasteiger partial charge in [0.1, 0.15) is 12.0 Å². The summed E-state index contributed by atoms with van der Waals surface area (Å²) in [7, 11) is 0. The molecule has 0 saturated heterocycles. The molecule has 1 amide bonds. The zero-order chi connectivity index (χ0) is 14.4. The third kappa shape index (κ3) is 4.30. The molecule has 2 rings (SSSR count). The molecule has 2 saturated carbocycles. The predicted octanol–water partition coefficient (Wildman–Crippen LogP) is 3.63. The van der Waals surface area contributed by atoms with E-state index >= 15 is 0 Å². The molecule has 0 bridgehead atoms. The van der Waals surface area contributed by atoms with Gasteiger partial charge in [0.25, 0.3) is 0 Å². The van der Waals surface area contributed by atoms with Crippen molar-refractivity contribution in [1.29, 1.82) is 5.41 Å². The number of nitrogens with zero attached hydrogens (tertiary/aromatic N) is 1. The smallest absolute Gasteiger partial charge is 0.376 e. The monoisotopic (exact) mass is 299 g/mol. The Hall–Kier alpha value is -0.910.